The number of benzene rings is 1. The molecule has 1 heterocycles. The molecule has 4 heteroatoms. The van der Waals surface area contributed by atoms with Crippen molar-refractivity contribution in [1.29, 1.82) is 0 Å². The van der Waals surface area contributed by atoms with Gasteiger partial charge in [0.25, 0.3) is 0 Å². The average molecular weight is 281 g/mol. The SMILES string of the molecule is COc1ccc(C(C)NCC2CCSC2)cc1OC. The van der Waals surface area contributed by atoms with E-state index in [0.717, 1.165) is 24.0 Å². The van der Waals surface area contributed by atoms with E-state index < -0.39 is 0 Å². The van der Waals surface area contributed by atoms with Crippen molar-refractivity contribution in [1.82, 2.24) is 5.32 Å². The topological polar surface area (TPSA) is 30.5 Å². The van der Waals surface area contributed by atoms with E-state index in [1.165, 1.54) is 23.5 Å². The molecule has 1 fully saturated rings. The number of rotatable bonds is 6. The highest BCUT2D eigenvalue weighted by Crippen LogP contribution is 2.30. The number of methoxy groups -OCH3 is 2. The molecule has 1 aliphatic rings. The maximum absolute atomic E-state index is 5.35. The van der Waals surface area contributed by atoms with Gasteiger partial charge in [0.1, 0.15) is 0 Å². The molecule has 1 aromatic carbocycles. The van der Waals surface area contributed by atoms with Crippen LogP contribution in [0.25, 0.3) is 0 Å². The summed E-state index contributed by atoms with van der Waals surface area (Å²) < 4.78 is 10.6. The minimum absolute atomic E-state index is 0.338. The van der Waals surface area contributed by atoms with Gasteiger partial charge < -0.3 is 14.8 Å². The Morgan fingerprint density at radius 2 is 2.11 bits per heavy atom. The third kappa shape index (κ3) is 3.80. The second-order valence-corrected chi connectivity index (χ2v) is 6.12. The first-order chi connectivity index (χ1) is 9.24. The summed E-state index contributed by atoms with van der Waals surface area (Å²) in [6.07, 6.45) is 1.34. The van der Waals surface area contributed by atoms with Crippen molar-refractivity contribution < 1.29 is 9.47 Å². The average Bonchev–Trinajstić information content (AvgIpc) is 2.97. The third-order valence-electron chi connectivity index (χ3n) is 3.64. The zero-order chi connectivity index (χ0) is 13.7. The predicted octanol–water partition coefficient (Wildman–Crippen LogP) is 3.11. The predicted molar refractivity (Wildman–Crippen MR) is 81.4 cm³/mol. The Labute approximate surface area is 120 Å². The van der Waals surface area contributed by atoms with Crippen LogP contribution in [0.15, 0.2) is 18.2 Å². The van der Waals surface area contributed by atoms with Gasteiger partial charge in [-0.1, -0.05) is 6.07 Å². The molecule has 1 N–H and O–H groups in total. The quantitative estimate of drug-likeness (QED) is 0.868. The van der Waals surface area contributed by atoms with Crippen molar-refractivity contribution in [3.05, 3.63) is 23.8 Å². The maximum Gasteiger partial charge on any atom is 0.161 e. The molecule has 2 rings (SSSR count). The molecule has 1 aromatic rings. The molecular formula is C15H23NO2S. The van der Waals surface area contributed by atoms with E-state index in [0.29, 0.717) is 6.04 Å². The maximum atomic E-state index is 5.35. The molecule has 0 radical (unpaired) electrons. The Bertz CT molecular complexity index is 405. The van der Waals surface area contributed by atoms with Crippen LogP contribution in [0.3, 0.4) is 0 Å². The van der Waals surface area contributed by atoms with Gasteiger partial charge in [-0.05, 0) is 55.0 Å². The molecule has 0 bridgehead atoms. The molecule has 3 nitrogen and oxygen atoms in total. The minimum atomic E-state index is 0.338. The Kier molecular flexibility index (Phi) is 5.40. The van der Waals surface area contributed by atoms with Crippen molar-refractivity contribution in [3.63, 3.8) is 0 Å². The van der Waals surface area contributed by atoms with E-state index in [2.05, 4.69) is 36.1 Å². The molecule has 0 spiro atoms. The van der Waals surface area contributed by atoms with Crippen LogP contribution in [0.5, 0.6) is 11.5 Å². The lowest BCUT2D eigenvalue weighted by Crippen LogP contribution is -2.25. The van der Waals surface area contributed by atoms with Gasteiger partial charge in [0.2, 0.25) is 0 Å². The summed E-state index contributed by atoms with van der Waals surface area (Å²) in [5.41, 5.74) is 1.24. The summed E-state index contributed by atoms with van der Waals surface area (Å²) in [6, 6.07) is 6.46. The van der Waals surface area contributed by atoms with E-state index in [-0.39, 0.29) is 0 Å². The molecule has 0 aromatic heterocycles. The number of thioether (sulfide) groups is 1. The lowest BCUT2D eigenvalue weighted by molar-refractivity contribution is 0.353. The van der Waals surface area contributed by atoms with Crippen molar-refractivity contribution in [2.24, 2.45) is 5.92 Å². The zero-order valence-electron chi connectivity index (χ0n) is 11.9. The van der Waals surface area contributed by atoms with E-state index in [1.54, 1.807) is 14.2 Å². The van der Waals surface area contributed by atoms with E-state index in [4.69, 9.17) is 9.47 Å². The molecule has 106 valence electrons. The molecule has 0 saturated carbocycles. The van der Waals surface area contributed by atoms with Crippen LogP contribution in [0.4, 0.5) is 0 Å². The zero-order valence-corrected chi connectivity index (χ0v) is 12.8. The lowest BCUT2D eigenvalue weighted by atomic mass is 10.1. The highest BCUT2D eigenvalue weighted by Gasteiger charge is 2.17. The first-order valence-electron chi connectivity index (χ1n) is 6.77. The van der Waals surface area contributed by atoms with Gasteiger partial charge in [0.05, 0.1) is 14.2 Å². The fourth-order valence-corrected chi connectivity index (χ4v) is 3.61. The monoisotopic (exact) mass is 281 g/mol. The Morgan fingerprint density at radius 1 is 1.32 bits per heavy atom. The number of hydrogen-bond acceptors (Lipinski definition) is 4. The molecule has 0 amide bonds. The van der Waals surface area contributed by atoms with Crippen molar-refractivity contribution >= 4 is 11.8 Å². The Morgan fingerprint density at radius 3 is 2.74 bits per heavy atom. The van der Waals surface area contributed by atoms with E-state index in [1.807, 2.05) is 6.07 Å². The third-order valence-corrected chi connectivity index (χ3v) is 4.88. The van der Waals surface area contributed by atoms with Crippen LogP contribution in [0, 0.1) is 5.92 Å². The lowest BCUT2D eigenvalue weighted by Gasteiger charge is -2.18. The number of hydrogen-bond donors (Lipinski definition) is 1. The second kappa shape index (κ2) is 7.06. The summed E-state index contributed by atoms with van der Waals surface area (Å²) in [4.78, 5) is 0. The molecule has 2 atom stereocenters. The summed E-state index contributed by atoms with van der Waals surface area (Å²) in [5.74, 6) is 5.02. The fourth-order valence-electron chi connectivity index (χ4n) is 2.33. The molecule has 2 unspecified atom stereocenters. The van der Waals surface area contributed by atoms with Gasteiger partial charge in [-0.2, -0.15) is 11.8 Å². The van der Waals surface area contributed by atoms with Crippen LogP contribution < -0.4 is 14.8 Å². The summed E-state index contributed by atoms with van der Waals surface area (Å²) in [5, 5.41) is 3.62. The fraction of sp³-hybridized carbons (Fsp3) is 0.600. The standard InChI is InChI=1S/C15H23NO2S/c1-11(16-9-12-6-7-19-10-12)13-4-5-14(17-2)15(8-13)18-3/h4-5,8,11-12,16H,6-7,9-10H2,1-3H3. The van der Waals surface area contributed by atoms with Gasteiger partial charge >= 0.3 is 0 Å². The van der Waals surface area contributed by atoms with Crippen LogP contribution in [-0.2, 0) is 0 Å². The normalized spacial score (nSPS) is 20.3. The minimum Gasteiger partial charge on any atom is -0.493 e. The largest absolute Gasteiger partial charge is 0.493 e. The van der Waals surface area contributed by atoms with Gasteiger partial charge in [-0.25, -0.2) is 0 Å². The highest BCUT2D eigenvalue weighted by molar-refractivity contribution is 7.99. The van der Waals surface area contributed by atoms with Gasteiger partial charge in [-0.3, -0.25) is 0 Å². The molecule has 1 saturated heterocycles. The smallest absolute Gasteiger partial charge is 0.161 e. The summed E-state index contributed by atoms with van der Waals surface area (Å²) >= 11 is 2.06. The summed E-state index contributed by atoms with van der Waals surface area (Å²) in [6.45, 7) is 3.30. The van der Waals surface area contributed by atoms with Crippen molar-refractivity contribution in [2.45, 2.75) is 19.4 Å². The van der Waals surface area contributed by atoms with Crippen LogP contribution in [-0.4, -0.2) is 32.3 Å². The summed E-state index contributed by atoms with van der Waals surface area (Å²) in [7, 11) is 3.34. The van der Waals surface area contributed by atoms with Crippen LogP contribution in [0.1, 0.15) is 24.9 Å². The van der Waals surface area contributed by atoms with Crippen LogP contribution in [0.2, 0.25) is 0 Å². The first-order valence-corrected chi connectivity index (χ1v) is 7.93. The van der Waals surface area contributed by atoms with Gasteiger partial charge in [0.15, 0.2) is 11.5 Å². The second-order valence-electron chi connectivity index (χ2n) is 4.97. The van der Waals surface area contributed by atoms with E-state index >= 15 is 0 Å². The Balaban J connectivity index is 1.95. The van der Waals surface area contributed by atoms with Crippen molar-refractivity contribution in [2.75, 3.05) is 32.3 Å². The van der Waals surface area contributed by atoms with Crippen molar-refractivity contribution in [3.8, 4) is 11.5 Å². The number of nitrogens with one attached hydrogen (secondary N) is 1. The molecule has 19 heavy (non-hydrogen) atoms. The highest BCUT2D eigenvalue weighted by atomic mass is 32.2. The molecule has 1 aliphatic heterocycles. The van der Waals surface area contributed by atoms with Gasteiger partial charge in [-0.15, -0.1) is 0 Å². The molecular weight excluding hydrogens is 258 g/mol. The Hall–Kier alpha value is -0.870. The van der Waals surface area contributed by atoms with E-state index in [9.17, 15) is 0 Å². The first kappa shape index (κ1) is 14.5. The van der Waals surface area contributed by atoms with Gasteiger partial charge in [0, 0.05) is 6.04 Å². The molecule has 0 aliphatic carbocycles. The number of ether oxygens (including phenoxy) is 2. The van der Waals surface area contributed by atoms with Crippen LogP contribution >= 0.6 is 11.8 Å².